The molecule has 1 nitrogen and oxygen atoms in total. The van der Waals surface area contributed by atoms with Gasteiger partial charge in [0.2, 0.25) is 0 Å². The van der Waals surface area contributed by atoms with E-state index in [1.165, 1.54) is 0 Å². The predicted octanol–water partition coefficient (Wildman–Crippen LogP) is -3.22. The molecule has 2 aromatic carbocycles. The summed E-state index contributed by atoms with van der Waals surface area (Å²) in [4.78, 5) is 12.6. The van der Waals surface area contributed by atoms with E-state index in [-0.39, 0.29) is 29.6 Å². The van der Waals surface area contributed by atoms with Crippen LogP contribution in [0.4, 0.5) is 0 Å². The molecule has 0 atom stereocenters. The van der Waals surface area contributed by atoms with Gasteiger partial charge in [0.1, 0.15) is 0 Å². The van der Waals surface area contributed by atoms with E-state index in [1.807, 2.05) is 60.7 Å². The van der Waals surface area contributed by atoms with Crippen LogP contribution in [0.15, 0.2) is 60.7 Å². The molecule has 0 unspecified atom stereocenters. The normalized spacial score (nSPS) is 10.6. The van der Waals surface area contributed by atoms with Crippen LogP contribution in [-0.4, -0.2) is 17.6 Å². The van der Waals surface area contributed by atoms with E-state index in [0.717, 1.165) is 10.4 Å². The summed E-state index contributed by atoms with van der Waals surface area (Å²) in [5.41, 5.74) is 0. The standard InChI is InChI=1S/C12H10OSi2.Na/c13-15(14,11-7-3-1-4-8-11)12-9-5-2-6-10-12;/h1-10H;/q-1;+1. The van der Waals surface area contributed by atoms with Gasteiger partial charge in [-0.3, -0.25) is 0 Å². The Bertz CT molecular complexity index is 390. The van der Waals surface area contributed by atoms with Gasteiger partial charge < -0.3 is 4.80 Å². The number of hydrogen-bond donors (Lipinski definition) is 0. The minimum absolute atomic E-state index is 0. The quantitative estimate of drug-likeness (QED) is 0.514. The van der Waals surface area contributed by atoms with E-state index < -0.39 is 7.83 Å². The molecule has 0 aromatic heterocycles. The number of rotatable bonds is 2. The van der Waals surface area contributed by atoms with Crippen molar-refractivity contribution in [2.45, 2.75) is 0 Å². The van der Waals surface area contributed by atoms with Gasteiger partial charge in [0, 0.05) is 17.6 Å². The predicted molar refractivity (Wildman–Crippen MR) is 63.7 cm³/mol. The average Bonchev–Trinajstić information content (AvgIpc) is 2.31. The van der Waals surface area contributed by atoms with Gasteiger partial charge in [0.15, 0.2) is 0 Å². The molecule has 3 radical (unpaired) electrons. The molecule has 0 saturated carbocycles. The summed E-state index contributed by atoms with van der Waals surface area (Å²) in [5.74, 6) is 0. The third-order valence-corrected chi connectivity index (χ3v) is 6.39. The molecule has 0 heterocycles. The summed E-state index contributed by atoms with van der Waals surface area (Å²) in [7, 11) is 0.539. The Balaban J connectivity index is 0.00000128. The van der Waals surface area contributed by atoms with Crippen molar-refractivity contribution in [3.63, 3.8) is 0 Å². The fourth-order valence-corrected chi connectivity index (χ4v) is 4.17. The van der Waals surface area contributed by atoms with E-state index in [0.29, 0.717) is 0 Å². The van der Waals surface area contributed by atoms with Crippen LogP contribution in [0, 0.1) is 0 Å². The summed E-state index contributed by atoms with van der Waals surface area (Å²) < 4.78 is 0. The van der Waals surface area contributed by atoms with Crippen molar-refractivity contribution in [3.05, 3.63) is 60.7 Å². The second kappa shape index (κ2) is 5.95. The maximum atomic E-state index is 12.6. The third kappa shape index (κ3) is 2.94. The van der Waals surface area contributed by atoms with Crippen LogP contribution in [0.25, 0.3) is 0 Å². The fourth-order valence-electron chi connectivity index (χ4n) is 1.51. The Labute approximate surface area is 122 Å². The van der Waals surface area contributed by atoms with Crippen molar-refractivity contribution in [2.75, 3.05) is 0 Å². The number of benzene rings is 2. The summed E-state index contributed by atoms with van der Waals surface area (Å²) in [6, 6.07) is 19.0. The third-order valence-electron chi connectivity index (χ3n) is 2.36. The van der Waals surface area contributed by atoms with Gasteiger partial charge in [-0.15, -0.1) is 0 Å². The Kier molecular flexibility index (Phi) is 5.17. The molecule has 2 rings (SSSR count). The molecule has 0 amide bonds. The molecule has 0 aliphatic carbocycles. The van der Waals surface area contributed by atoms with Gasteiger partial charge >= 0.3 is 29.6 Å². The second-order valence-corrected chi connectivity index (χ2v) is 8.04. The Morgan fingerprint density at radius 1 is 0.750 bits per heavy atom. The molecule has 0 bridgehead atoms. The molecule has 0 saturated heterocycles. The van der Waals surface area contributed by atoms with Crippen LogP contribution in [0.2, 0.25) is 0 Å². The molecule has 16 heavy (non-hydrogen) atoms. The van der Waals surface area contributed by atoms with Crippen molar-refractivity contribution < 1.29 is 34.4 Å². The zero-order valence-corrected chi connectivity index (χ0v) is 13.2. The first-order valence-corrected chi connectivity index (χ1v) is 8.18. The molecular formula is C12H10NaOSi2. The van der Waals surface area contributed by atoms with E-state index in [2.05, 4.69) is 9.76 Å². The van der Waals surface area contributed by atoms with Gasteiger partial charge in [-0.05, 0) is 0 Å². The van der Waals surface area contributed by atoms with Crippen molar-refractivity contribution in [2.24, 2.45) is 0 Å². The summed E-state index contributed by atoms with van der Waals surface area (Å²) in [6.45, 7) is 0. The van der Waals surface area contributed by atoms with Gasteiger partial charge in [0.05, 0.1) is 0 Å². The Morgan fingerprint density at radius 3 is 1.38 bits per heavy atom. The van der Waals surface area contributed by atoms with E-state index in [1.54, 1.807) is 0 Å². The average molecular weight is 249 g/mol. The topological polar surface area (TPSA) is 23.1 Å². The van der Waals surface area contributed by atoms with Crippen molar-refractivity contribution in [1.82, 2.24) is 0 Å². The molecular weight excluding hydrogens is 239 g/mol. The minimum Gasteiger partial charge on any atom is -0.854 e. The summed E-state index contributed by atoms with van der Waals surface area (Å²) >= 11 is 0. The van der Waals surface area contributed by atoms with E-state index in [9.17, 15) is 4.80 Å². The van der Waals surface area contributed by atoms with Crippen LogP contribution >= 0.6 is 0 Å². The van der Waals surface area contributed by atoms with Crippen molar-refractivity contribution in [1.29, 1.82) is 0 Å². The maximum Gasteiger partial charge on any atom is 1.00 e. The minimum atomic E-state index is -2.90. The molecule has 0 fully saturated rings. The zero-order chi connectivity index (χ0) is 10.7. The van der Waals surface area contributed by atoms with Crippen LogP contribution in [0.5, 0.6) is 0 Å². The summed E-state index contributed by atoms with van der Waals surface area (Å²) in [6.07, 6.45) is 0. The van der Waals surface area contributed by atoms with Gasteiger partial charge in [-0.25, -0.2) is 0 Å². The van der Waals surface area contributed by atoms with Crippen LogP contribution in [0.3, 0.4) is 0 Å². The van der Waals surface area contributed by atoms with E-state index in [4.69, 9.17) is 0 Å². The zero-order valence-electron chi connectivity index (χ0n) is 9.18. The van der Waals surface area contributed by atoms with E-state index >= 15 is 0 Å². The smallest absolute Gasteiger partial charge is 0.854 e. The number of hydrogen-bond acceptors (Lipinski definition) is 1. The fraction of sp³-hybridized carbons (Fsp3) is 0. The van der Waals surface area contributed by atoms with Crippen LogP contribution < -0.4 is 44.7 Å². The molecule has 2 aromatic rings. The second-order valence-electron chi connectivity index (χ2n) is 3.41. The Hall–Kier alpha value is -0.166. The molecule has 0 spiro atoms. The van der Waals surface area contributed by atoms with Crippen LogP contribution in [0.1, 0.15) is 0 Å². The first kappa shape index (κ1) is 13.9. The largest absolute Gasteiger partial charge is 1.00 e. The molecule has 0 aliphatic heterocycles. The van der Waals surface area contributed by atoms with Gasteiger partial charge in [-0.1, -0.05) is 71.0 Å². The molecule has 0 aliphatic rings. The summed E-state index contributed by atoms with van der Waals surface area (Å²) in [5, 5.41) is 1.71. The van der Waals surface area contributed by atoms with Gasteiger partial charge in [-0.2, -0.15) is 0 Å². The Morgan fingerprint density at radius 2 is 1.06 bits per heavy atom. The first-order valence-electron chi connectivity index (χ1n) is 4.78. The van der Waals surface area contributed by atoms with Crippen molar-refractivity contribution in [3.8, 4) is 0 Å². The molecule has 0 N–H and O–H groups in total. The van der Waals surface area contributed by atoms with Crippen LogP contribution in [-0.2, 0) is 0 Å². The molecule has 4 heteroatoms. The SMILES string of the molecule is [Na+].[O-][Si]([Si])(c1ccccc1)c1ccccc1. The molecule has 73 valence electrons. The monoisotopic (exact) mass is 249 g/mol. The van der Waals surface area contributed by atoms with Gasteiger partial charge in [0.25, 0.3) is 0 Å². The first-order chi connectivity index (χ1) is 7.21. The van der Waals surface area contributed by atoms with Crippen molar-refractivity contribution >= 4 is 28.0 Å². The maximum absolute atomic E-state index is 12.6.